The number of carbonyl (C=O) groups is 1. The van der Waals surface area contributed by atoms with Gasteiger partial charge in [0.05, 0.1) is 9.92 Å². The predicted molar refractivity (Wildman–Crippen MR) is 84.1 cm³/mol. The molecule has 0 spiro atoms. The third kappa shape index (κ3) is 3.38. The summed E-state index contributed by atoms with van der Waals surface area (Å²) in [4.78, 5) is 11.2. The molecule has 2 rings (SSSR count). The van der Waals surface area contributed by atoms with Crippen LogP contribution in [0.1, 0.15) is 4.88 Å². The summed E-state index contributed by atoms with van der Waals surface area (Å²) in [6.07, 6.45) is 0. The van der Waals surface area contributed by atoms with Crippen molar-refractivity contribution < 1.29 is 23.1 Å². The van der Waals surface area contributed by atoms with Crippen LogP contribution in [0, 0.1) is 6.92 Å². The Kier molecular flexibility index (Phi) is 5.01. The van der Waals surface area contributed by atoms with Gasteiger partial charge in [0, 0.05) is 4.88 Å². The highest BCUT2D eigenvalue weighted by molar-refractivity contribution is 7.93. The Balaban J connectivity index is 2.45. The highest BCUT2D eigenvalue weighted by Crippen LogP contribution is 2.39. The number of sulfone groups is 1. The highest BCUT2D eigenvalue weighted by atomic mass is 35.5. The van der Waals surface area contributed by atoms with Gasteiger partial charge in [0.2, 0.25) is 9.84 Å². The van der Waals surface area contributed by atoms with Crippen molar-refractivity contribution in [3.05, 3.63) is 39.2 Å². The lowest BCUT2D eigenvalue weighted by molar-refractivity contribution is -0.139. The van der Waals surface area contributed by atoms with Gasteiger partial charge in [-0.25, -0.2) is 13.2 Å². The number of rotatable bonds is 5. The van der Waals surface area contributed by atoms with Crippen molar-refractivity contribution in [1.29, 1.82) is 0 Å². The van der Waals surface area contributed by atoms with E-state index in [4.69, 9.17) is 33.0 Å². The minimum atomic E-state index is -3.79. The number of aliphatic carboxylic acids is 1. The summed E-state index contributed by atoms with van der Waals surface area (Å²) in [6, 6.07) is 5.71. The number of aryl methyl sites for hydroxylation is 1. The first kappa shape index (κ1) is 17.1. The Morgan fingerprint density at radius 2 is 1.91 bits per heavy atom. The second-order valence-corrected chi connectivity index (χ2v) is 8.43. The summed E-state index contributed by atoms with van der Waals surface area (Å²) >= 11 is 13.1. The Bertz CT molecular complexity index is 827. The minimum Gasteiger partial charge on any atom is -0.480 e. The van der Waals surface area contributed by atoms with Crippen LogP contribution in [0.15, 0.2) is 33.4 Å². The minimum absolute atomic E-state index is 0.00961. The Morgan fingerprint density at radius 1 is 1.23 bits per heavy atom. The number of carboxylic acids is 1. The molecule has 0 aliphatic rings. The highest BCUT2D eigenvalue weighted by Gasteiger charge is 2.25. The van der Waals surface area contributed by atoms with Gasteiger partial charge in [-0.05, 0) is 31.2 Å². The smallest absolute Gasteiger partial charge is 0.341 e. The van der Waals surface area contributed by atoms with Crippen LogP contribution in [0.5, 0.6) is 5.75 Å². The predicted octanol–water partition coefficient (Wildman–Crippen LogP) is 3.66. The van der Waals surface area contributed by atoms with Crippen LogP contribution in [0.4, 0.5) is 0 Å². The molecule has 0 aliphatic carbocycles. The molecule has 0 bridgehead atoms. The third-order valence-corrected chi connectivity index (χ3v) is 6.90. The Hall–Kier alpha value is -1.28. The first-order valence-electron chi connectivity index (χ1n) is 5.87. The first-order chi connectivity index (χ1) is 10.2. The SMILES string of the molecule is Cc1ccc(S(=O)(=O)c2ccc(OCC(=O)O)c(Cl)c2Cl)s1. The van der Waals surface area contributed by atoms with E-state index in [-0.39, 0.29) is 24.9 Å². The molecule has 2 aromatic rings. The molecule has 0 saturated heterocycles. The molecule has 0 unspecified atom stereocenters. The fourth-order valence-electron chi connectivity index (χ4n) is 1.64. The molecule has 0 amide bonds. The summed E-state index contributed by atoms with van der Waals surface area (Å²) in [6.45, 7) is 1.19. The Morgan fingerprint density at radius 3 is 2.45 bits per heavy atom. The first-order valence-corrected chi connectivity index (χ1v) is 8.93. The summed E-state index contributed by atoms with van der Waals surface area (Å²) in [5, 5.41) is 8.23. The van der Waals surface area contributed by atoms with Crippen LogP contribution < -0.4 is 4.74 Å². The summed E-state index contributed by atoms with van der Waals surface area (Å²) < 4.78 is 30.2. The van der Waals surface area contributed by atoms with Gasteiger partial charge in [0.25, 0.3) is 0 Å². The van der Waals surface area contributed by atoms with E-state index < -0.39 is 22.4 Å². The molecule has 1 aromatic heterocycles. The lowest BCUT2D eigenvalue weighted by atomic mass is 10.3. The fraction of sp³-hybridized carbons (Fsp3) is 0.154. The summed E-state index contributed by atoms with van der Waals surface area (Å²) in [5.41, 5.74) is 0. The molecule has 118 valence electrons. The number of hydrogen-bond acceptors (Lipinski definition) is 5. The maximum Gasteiger partial charge on any atom is 0.341 e. The van der Waals surface area contributed by atoms with E-state index in [1.54, 1.807) is 13.0 Å². The van der Waals surface area contributed by atoms with Crippen molar-refractivity contribution in [3.63, 3.8) is 0 Å². The summed E-state index contributed by atoms with van der Waals surface area (Å²) in [7, 11) is -3.79. The van der Waals surface area contributed by atoms with Crippen molar-refractivity contribution in [2.75, 3.05) is 6.61 Å². The number of hydrogen-bond donors (Lipinski definition) is 1. The molecule has 5 nitrogen and oxygen atoms in total. The van der Waals surface area contributed by atoms with Gasteiger partial charge in [-0.2, -0.15) is 0 Å². The topological polar surface area (TPSA) is 80.7 Å². The molecular weight excluding hydrogens is 371 g/mol. The van der Waals surface area contributed by atoms with Crippen molar-refractivity contribution in [1.82, 2.24) is 0 Å². The van der Waals surface area contributed by atoms with Crippen molar-refractivity contribution in [2.24, 2.45) is 0 Å². The molecule has 1 heterocycles. The number of halogens is 2. The Labute approximate surface area is 141 Å². The maximum absolute atomic E-state index is 12.5. The van der Waals surface area contributed by atoms with Crippen LogP contribution in [-0.4, -0.2) is 26.1 Å². The van der Waals surface area contributed by atoms with Crippen molar-refractivity contribution >= 4 is 50.3 Å². The molecule has 1 N–H and O–H groups in total. The van der Waals surface area contributed by atoms with Gasteiger partial charge in [0.1, 0.15) is 15.0 Å². The van der Waals surface area contributed by atoms with Gasteiger partial charge in [0.15, 0.2) is 6.61 Å². The molecule has 0 fully saturated rings. The number of thiophene rings is 1. The van der Waals surface area contributed by atoms with E-state index in [1.165, 1.54) is 18.2 Å². The average molecular weight is 381 g/mol. The van der Waals surface area contributed by atoms with Gasteiger partial charge in [-0.3, -0.25) is 0 Å². The quantitative estimate of drug-likeness (QED) is 0.855. The van der Waals surface area contributed by atoms with E-state index in [1.807, 2.05) is 0 Å². The van der Waals surface area contributed by atoms with E-state index in [9.17, 15) is 13.2 Å². The zero-order valence-electron chi connectivity index (χ0n) is 11.2. The lowest BCUT2D eigenvalue weighted by Crippen LogP contribution is -2.10. The zero-order chi connectivity index (χ0) is 16.5. The largest absolute Gasteiger partial charge is 0.480 e. The fourth-order valence-corrected chi connectivity index (χ4v) is 5.11. The molecular formula is C13H10Cl2O5S2. The number of ether oxygens (including phenoxy) is 1. The zero-order valence-corrected chi connectivity index (χ0v) is 14.3. The normalized spacial score (nSPS) is 11.4. The maximum atomic E-state index is 12.5. The van der Waals surface area contributed by atoms with Gasteiger partial charge < -0.3 is 9.84 Å². The van der Waals surface area contributed by atoms with Crippen LogP contribution in [0.25, 0.3) is 0 Å². The van der Waals surface area contributed by atoms with E-state index in [0.29, 0.717) is 0 Å². The molecule has 1 aromatic carbocycles. The van der Waals surface area contributed by atoms with Gasteiger partial charge in [-0.1, -0.05) is 23.2 Å². The van der Waals surface area contributed by atoms with E-state index in [0.717, 1.165) is 16.2 Å². The average Bonchev–Trinajstić information content (AvgIpc) is 2.87. The molecule has 0 atom stereocenters. The number of carboxylic acid groups (broad SMARTS) is 1. The van der Waals surface area contributed by atoms with Crippen LogP contribution in [0.2, 0.25) is 10.0 Å². The molecule has 0 saturated carbocycles. The third-order valence-electron chi connectivity index (χ3n) is 2.63. The van der Waals surface area contributed by atoms with E-state index >= 15 is 0 Å². The molecule has 0 aliphatic heterocycles. The number of benzene rings is 1. The molecule has 9 heteroatoms. The standard InChI is InChI=1S/C13H10Cl2O5S2/c1-7-2-5-11(21-7)22(18,19)9-4-3-8(12(14)13(9)15)20-6-10(16)17/h2-5H,6H2,1H3,(H,16,17). The molecule has 0 radical (unpaired) electrons. The van der Waals surface area contributed by atoms with Crippen LogP contribution in [0.3, 0.4) is 0 Å². The van der Waals surface area contributed by atoms with Crippen molar-refractivity contribution in [3.8, 4) is 5.75 Å². The van der Waals surface area contributed by atoms with Crippen LogP contribution >= 0.6 is 34.5 Å². The lowest BCUT2D eigenvalue weighted by Gasteiger charge is -2.10. The second-order valence-electron chi connectivity index (χ2n) is 4.24. The van der Waals surface area contributed by atoms with E-state index in [2.05, 4.69) is 0 Å². The van der Waals surface area contributed by atoms with Gasteiger partial charge >= 0.3 is 5.97 Å². The molecule has 22 heavy (non-hydrogen) atoms. The van der Waals surface area contributed by atoms with Crippen LogP contribution in [-0.2, 0) is 14.6 Å². The second kappa shape index (κ2) is 6.45. The van der Waals surface area contributed by atoms with Crippen molar-refractivity contribution in [2.45, 2.75) is 16.0 Å². The summed E-state index contributed by atoms with van der Waals surface area (Å²) in [5.74, 6) is -1.17. The monoisotopic (exact) mass is 380 g/mol. The van der Waals surface area contributed by atoms with Gasteiger partial charge in [-0.15, -0.1) is 11.3 Å².